The van der Waals surface area contributed by atoms with E-state index in [1.54, 1.807) is 0 Å². The number of benzene rings is 11. The molecule has 0 saturated heterocycles. The molecule has 4 aliphatic rings. The summed E-state index contributed by atoms with van der Waals surface area (Å²) in [7, 11) is 0. The van der Waals surface area contributed by atoms with Crippen molar-refractivity contribution in [2.45, 2.75) is 0 Å². The van der Waals surface area contributed by atoms with Gasteiger partial charge < -0.3 is 23.5 Å². The Hall–Kier alpha value is -9.45. The maximum atomic E-state index is 2.59. The van der Waals surface area contributed by atoms with Gasteiger partial charge in [-0.2, -0.15) is 0 Å². The summed E-state index contributed by atoms with van der Waals surface area (Å²) < 4.78 is 7.63. The van der Waals surface area contributed by atoms with Crippen molar-refractivity contribution in [3.63, 3.8) is 0 Å². The number of rotatable bonds is 3. The molecule has 11 aromatic carbocycles. The van der Waals surface area contributed by atoms with Crippen molar-refractivity contribution in [3.8, 4) is 17.1 Å². The van der Waals surface area contributed by atoms with Gasteiger partial charge in [-0.1, -0.05) is 152 Å². The number of hydrogen-bond acceptors (Lipinski definition) is 2. The highest BCUT2D eigenvalue weighted by atomic mass is 15.2. The number of anilines is 6. The van der Waals surface area contributed by atoms with Gasteiger partial charge in [0.2, 0.25) is 0 Å². The third-order valence-corrected chi connectivity index (χ3v) is 17.0. The molecule has 14 aromatic rings. The average Bonchev–Trinajstić information content (AvgIpc) is 4.09. The molecule has 0 atom stereocenters. The van der Waals surface area contributed by atoms with E-state index in [1.165, 1.54) is 132 Å². The van der Waals surface area contributed by atoms with E-state index < -0.39 is 0 Å². The van der Waals surface area contributed by atoms with Crippen LogP contribution in [0.15, 0.2) is 237 Å². The fourth-order valence-electron chi connectivity index (χ4n) is 14.2. The van der Waals surface area contributed by atoms with Crippen molar-refractivity contribution in [2.24, 2.45) is 0 Å². The van der Waals surface area contributed by atoms with Crippen LogP contribution < -0.4 is 42.6 Å². The van der Waals surface area contributed by atoms with E-state index in [9.17, 15) is 0 Å². The van der Waals surface area contributed by atoms with Gasteiger partial charge in [-0.15, -0.1) is 0 Å². The van der Waals surface area contributed by atoms with Crippen molar-refractivity contribution in [3.05, 3.63) is 237 Å². The van der Waals surface area contributed by atoms with Crippen LogP contribution in [0.25, 0.3) is 82.5 Å². The van der Waals surface area contributed by atoms with Gasteiger partial charge in [0.15, 0.2) is 0 Å². The van der Waals surface area contributed by atoms with Gasteiger partial charge in [0.05, 0.1) is 33.1 Å². The summed E-state index contributed by atoms with van der Waals surface area (Å²) in [6.45, 7) is -0.000555. The fourth-order valence-corrected chi connectivity index (χ4v) is 14.2. The lowest BCUT2D eigenvalue weighted by molar-refractivity contribution is 1.17. The van der Waals surface area contributed by atoms with Crippen LogP contribution >= 0.6 is 0 Å². The number of nitrogens with zero attached hydrogens (tertiary/aromatic N) is 5. The summed E-state index contributed by atoms with van der Waals surface area (Å²) in [4.78, 5) is 5.09. The predicted octanol–water partition coefficient (Wildman–Crippen LogP) is 12.2. The van der Waals surface area contributed by atoms with Gasteiger partial charge >= 0.3 is 0 Å². The summed E-state index contributed by atoms with van der Waals surface area (Å²) in [5.74, 6) is 0. The summed E-state index contributed by atoms with van der Waals surface area (Å²) in [5, 5.41) is 7.66. The van der Waals surface area contributed by atoms with Gasteiger partial charge in [0, 0.05) is 83.5 Å². The Balaban J connectivity index is 0.999. The molecule has 3 aromatic heterocycles. The monoisotopic (exact) mass is 923 g/mol. The van der Waals surface area contributed by atoms with Crippen LogP contribution in [-0.4, -0.2) is 27.1 Å². The molecule has 0 N–H and O–H groups in total. The van der Waals surface area contributed by atoms with E-state index in [2.05, 4.69) is 260 Å². The Morgan fingerprint density at radius 1 is 0.233 bits per heavy atom. The third kappa shape index (κ3) is 4.71. The molecule has 334 valence electrons. The second-order valence-corrected chi connectivity index (χ2v) is 20.3. The molecule has 4 aliphatic heterocycles. The van der Waals surface area contributed by atoms with Crippen LogP contribution in [0.4, 0.5) is 34.1 Å². The average molecular weight is 924 g/mol. The van der Waals surface area contributed by atoms with Crippen molar-refractivity contribution < 1.29 is 0 Å². The lowest BCUT2D eigenvalue weighted by Gasteiger charge is -2.40. The minimum atomic E-state index is -0.000277. The Bertz CT molecular complexity index is 4480. The van der Waals surface area contributed by atoms with E-state index in [4.69, 9.17) is 0 Å². The molecule has 0 bridgehead atoms. The molecule has 0 unspecified atom stereocenters. The molecule has 0 radical (unpaired) electrons. The molecule has 7 heteroatoms. The molecule has 0 spiro atoms. The van der Waals surface area contributed by atoms with E-state index in [0.717, 1.165) is 17.1 Å². The van der Waals surface area contributed by atoms with Gasteiger partial charge in [0.25, 0.3) is 13.4 Å². The first-order valence-electron chi connectivity index (χ1n) is 25.5. The van der Waals surface area contributed by atoms with Crippen molar-refractivity contribution >= 4 is 146 Å². The van der Waals surface area contributed by atoms with Gasteiger partial charge in [-0.25, -0.2) is 0 Å². The van der Waals surface area contributed by atoms with Crippen LogP contribution in [0, 0.1) is 0 Å². The quantitative estimate of drug-likeness (QED) is 0.165. The van der Waals surface area contributed by atoms with Crippen molar-refractivity contribution in [1.82, 2.24) is 13.7 Å². The van der Waals surface area contributed by atoms with E-state index >= 15 is 0 Å². The Morgan fingerprint density at radius 2 is 0.630 bits per heavy atom. The maximum absolute atomic E-state index is 2.59. The lowest BCUT2D eigenvalue weighted by atomic mass is 9.33. The molecule has 0 aliphatic carbocycles. The molecule has 0 amide bonds. The molecular formula is C66H39B2N5. The second kappa shape index (κ2) is 13.7. The molecule has 0 fully saturated rings. The normalized spacial score (nSPS) is 13.6. The fraction of sp³-hybridized carbons (Fsp3) is 0. The van der Waals surface area contributed by atoms with Gasteiger partial charge in [-0.05, 0) is 118 Å². The van der Waals surface area contributed by atoms with Crippen molar-refractivity contribution in [1.29, 1.82) is 0 Å². The number of hydrogen-bond donors (Lipinski definition) is 0. The topological polar surface area (TPSA) is 21.3 Å². The molecule has 0 saturated carbocycles. The molecular weight excluding hydrogens is 884 g/mol. The number of aromatic nitrogens is 3. The first-order chi connectivity index (χ1) is 36.3. The minimum absolute atomic E-state index is 0.000277. The highest BCUT2D eigenvalue weighted by Crippen LogP contribution is 2.47. The van der Waals surface area contributed by atoms with Crippen LogP contribution in [-0.2, 0) is 0 Å². The molecule has 7 heterocycles. The molecule has 5 nitrogen and oxygen atoms in total. The second-order valence-electron chi connectivity index (χ2n) is 20.3. The van der Waals surface area contributed by atoms with Crippen LogP contribution in [0.3, 0.4) is 0 Å². The van der Waals surface area contributed by atoms with E-state index in [1.807, 2.05) is 0 Å². The molecule has 73 heavy (non-hydrogen) atoms. The summed E-state index contributed by atoms with van der Waals surface area (Å²) in [6, 6.07) is 89.0. The summed E-state index contributed by atoms with van der Waals surface area (Å²) in [5.41, 5.74) is 26.3. The third-order valence-electron chi connectivity index (χ3n) is 17.0. The highest BCUT2D eigenvalue weighted by Gasteiger charge is 2.45. The zero-order chi connectivity index (χ0) is 47.2. The van der Waals surface area contributed by atoms with Crippen LogP contribution in [0.2, 0.25) is 0 Å². The zero-order valence-corrected chi connectivity index (χ0v) is 39.4. The summed E-state index contributed by atoms with van der Waals surface area (Å²) >= 11 is 0. The highest BCUT2D eigenvalue weighted by molar-refractivity contribution is 7.01. The van der Waals surface area contributed by atoms with Gasteiger partial charge in [-0.3, -0.25) is 0 Å². The minimum Gasteiger partial charge on any atom is -0.311 e. The van der Waals surface area contributed by atoms with E-state index in [0.29, 0.717) is 0 Å². The van der Waals surface area contributed by atoms with E-state index in [-0.39, 0.29) is 13.4 Å². The summed E-state index contributed by atoms with van der Waals surface area (Å²) in [6.07, 6.45) is 0. The first-order valence-corrected chi connectivity index (χ1v) is 25.5. The maximum Gasteiger partial charge on any atom is 0.252 e. The smallest absolute Gasteiger partial charge is 0.252 e. The lowest BCUT2D eigenvalue weighted by Crippen LogP contribution is -2.60. The Kier molecular flexibility index (Phi) is 7.19. The van der Waals surface area contributed by atoms with Gasteiger partial charge in [0.1, 0.15) is 0 Å². The van der Waals surface area contributed by atoms with Crippen LogP contribution in [0.1, 0.15) is 0 Å². The Labute approximate surface area is 420 Å². The van der Waals surface area contributed by atoms with Crippen LogP contribution in [0.5, 0.6) is 0 Å². The Morgan fingerprint density at radius 3 is 1.10 bits per heavy atom. The van der Waals surface area contributed by atoms with Crippen molar-refractivity contribution in [2.75, 3.05) is 9.80 Å². The largest absolute Gasteiger partial charge is 0.311 e. The number of fused-ring (bicyclic) bond motifs is 19. The molecule has 18 rings (SSSR count). The first kappa shape index (κ1) is 38.3. The standard InChI is InChI=1S/C66H39B2N5/c1-4-18-40(19-5-1)69-57-34-32-45-43-24-10-14-28-53(43)72-55-30-16-12-26-49(55)67(63(57)65(45)72)51-36-47-48-37-52-62(39-60(48)71(59(47)38-61(51)69)42-22-8-3-9-23-42)70(41-20-6-2-7-21-41)58-35-33-46-44-25-11-15-29-54(44)73-56-31-17-13-27-50(56)68(52)64(58)66(46)73/h1-39H. The SMILES string of the molecule is c1ccc(N2c3cc4c(cc3B3c5ccccc5-n5c6ccccc6c6ccc2c3c65)c2cc3c(cc2n4-c2ccccc2)N(c2ccccc2)c2ccc4c5ccccc5n5c4c2B3c2ccccc2-5)cc1. The zero-order valence-electron chi connectivity index (χ0n) is 39.4. The number of para-hydroxylation sites is 7. The predicted molar refractivity (Wildman–Crippen MR) is 308 cm³/mol.